The normalized spacial score (nSPS) is 25.1. The Balaban J connectivity index is 1.84. The highest BCUT2D eigenvalue weighted by Gasteiger charge is 2.37. The maximum atomic E-state index is 12.6. The van der Waals surface area contributed by atoms with Gasteiger partial charge < -0.3 is 19.8 Å². The van der Waals surface area contributed by atoms with Gasteiger partial charge in [0.25, 0.3) is 0 Å². The molecule has 1 atom stereocenters. The van der Waals surface area contributed by atoms with Gasteiger partial charge in [0.15, 0.2) is 0 Å². The first-order chi connectivity index (χ1) is 12.0. The van der Waals surface area contributed by atoms with E-state index in [1.54, 1.807) is 0 Å². The van der Waals surface area contributed by atoms with Gasteiger partial charge in [0.05, 0.1) is 6.61 Å². The minimum absolute atomic E-state index is 0.0550. The molecule has 0 aromatic carbocycles. The fraction of sp³-hybridized carbons (Fsp3) is 0.895. The van der Waals surface area contributed by atoms with Gasteiger partial charge in [-0.3, -0.25) is 9.59 Å². The molecule has 0 aliphatic carbocycles. The molecule has 6 heteroatoms. The van der Waals surface area contributed by atoms with Crippen LogP contribution in [0.15, 0.2) is 0 Å². The summed E-state index contributed by atoms with van der Waals surface area (Å²) in [6, 6.07) is 0. The van der Waals surface area contributed by atoms with Gasteiger partial charge >= 0.3 is 0 Å². The predicted molar refractivity (Wildman–Crippen MR) is 98.2 cm³/mol. The molecule has 2 fully saturated rings. The number of likely N-dealkylation sites (tertiary alicyclic amines) is 2. The molecule has 6 nitrogen and oxygen atoms in total. The fourth-order valence-electron chi connectivity index (χ4n) is 4.25. The largest absolute Gasteiger partial charge is 0.396 e. The van der Waals surface area contributed by atoms with Crippen molar-refractivity contribution < 1.29 is 14.7 Å². The number of carbonyl (C=O) groups excluding carboxylic acids is 2. The van der Waals surface area contributed by atoms with E-state index >= 15 is 0 Å². The van der Waals surface area contributed by atoms with Gasteiger partial charge in [-0.25, -0.2) is 0 Å². The highest BCUT2D eigenvalue weighted by molar-refractivity contribution is 5.84. The van der Waals surface area contributed by atoms with Crippen LogP contribution in [0.1, 0.15) is 51.4 Å². The average Bonchev–Trinajstić information content (AvgIpc) is 2.88. The first-order valence-electron chi connectivity index (χ1n) is 9.77. The predicted octanol–water partition coefficient (Wildman–Crippen LogP) is 1.33. The lowest BCUT2D eigenvalue weighted by molar-refractivity contribution is -0.139. The lowest BCUT2D eigenvalue weighted by atomic mass is 9.80. The Morgan fingerprint density at radius 3 is 2.04 bits per heavy atom. The first-order valence-corrected chi connectivity index (χ1v) is 9.77. The molecule has 2 heterocycles. The molecule has 0 unspecified atom stereocenters. The van der Waals surface area contributed by atoms with Crippen LogP contribution in [0.3, 0.4) is 0 Å². The maximum Gasteiger partial charge on any atom is 0.223 e. The van der Waals surface area contributed by atoms with Crippen molar-refractivity contribution in [3.63, 3.8) is 0 Å². The molecule has 0 aromatic rings. The third kappa shape index (κ3) is 5.96. The Morgan fingerprint density at radius 1 is 0.920 bits per heavy atom. The van der Waals surface area contributed by atoms with Gasteiger partial charge in [-0.2, -0.15) is 0 Å². The molecule has 2 amide bonds. The van der Waals surface area contributed by atoms with Crippen molar-refractivity contribution in [1.82, 2.24) is 14.7 Å². The number of hydrogen-bond donors (Lipinski definition) is 1. The number of rotatable bonds is 6. The van der Waals surface area contributed by atoms with Crippen molar-refractivity contribution >= 4 is 11.8 Å². The zero-order valence-corrected chi connectivity index (χ0v) is 16.0. The van der Waals surface area contributed by atoms with Crippen LogP contribution in [0.25, 0.3) is 0 Å². The fourth-order valence-corrected chi connectivity index (χ4v) is 4.25. The summed E-state index contributed by atoms with van der Waals surface area (Å²) in [5.41, 5.74) is -0.230. The summed E-state index contributed by atoms with van der Waals surface area (Å²) < 4.78 is 0. The molecule has 2 rings (SSSR count). The zero-order chi connectivity index (χ0) is 18.3. The summed E-state index contributed by atoms with van der Waals surface area (Å²) in [5.74, 6) is 0.174. The number of amides is 2. The highest BCUT2D eigenvalue weighted by atomic mass is 16.3. The van der Waals surface area contributed by atoms with Gasteiger partial charge in [-0.05, 0) is 39.8 Å². The van der Waals surface area contributed by atoms with Gasteiger partial charge in [0.2, 0.25) is 11.8 Å². The molecular weight excluding hydrogens is 318 g/mol. The number of piperidine rings is 1. The zero-order valence-electron chi connectivity index (χ0n) is 16.0. The van der Waals surface area contributed by atoms with E-state index in [1.165, 1.54) is 12.8 Å². The molecule has 2 aliphatic rings. The van der Waals surface area contributed by atoms with Gasteiger partial charge in [0.1, 0.15) is 0 Å². The van der Waals surface area contributed by atoms with Crippen LogP contribution in [0.4, 0.5) is 0 Å². The van der Waals surface area contributed by atoms with Gasteiger partial charge in [0, 0.05) is 51.0 Å². The first kappa shape index (κ1) is 20.2. The minimum atomic E-state index is -0.230. The van der Waals surface area contributed by atoms with Crippen molar-refractivity contribution in [3.05, 3.63) is 0 Å². The Kier molecular flexibility index (Phi) is 7.69. The monoisotopic (exact) mass is 353 g/mol. The third-order valence-corrected chi connectivity index (χ3v) is 5.51. The van der Waals surface area contributed by atoms with E-state index in [0.29, 0.717) is 19.4 Å². The van der Waals surface area contributed by atoms with E-state index in [9.17, 15) is 14.7 Å². The van der Waals surface area contributed by atoms with Gasteiger partial charge in [-0.1, -0.05) is 12.8 Å². The van der Waals surface area contributed by atoms with E-state index in [4.69, 9.17) is 0 Å². The van der Waals surface area contributed by atoms with Crippen LogP contribution < -0.4 is 0 Å². The average molecular weight is 354 g/mol. The summed E-state index contributed by atoms with van der Waals surface area (Å²) in [7, 11) is 4.00. The van der Waals surface area contributed by atoms with E-state index in [2.05, 4.69) is 4.90 Å². The second-order valence-electron chi connectivity index (χ2n) is 8.11. The number of aliphatic hydroxyl groups is 1. The second-order valence-corrected chi connectivity index (χ2v) is 8.11. The number of nitrogens with zero attached hydrogens (tertiary/aromatic N) is 3. The van der Waals surface area contributed by atoms with Crippen LogP contribution in [-0.4, -0.2) is 85.0 Å². The molecule has 1 N–H and O–H groups in total. The van der Waals surface area contributed by atoms with Crippen LogP contribution >= 0.6 is 0 Å². The highest BCUT2D eigenvalue weighted by Crippen LogP contribution is 2.30. The van der Waals surface area contributed by atoms with Crippen LogP contribution in [0.5, 0.6) is 0 Å². The molecule has 25 heavy (non-hydrogen) atoms. The molecule has 144 valence electrons. The Bertz CT molecular complexity index is 447. The third-order valence-electron chi connectivity index (χ3n) is 5.51. The maximum absolute atomic E-state index is 12.6. The molecule has 0 radical (unpaired) electrons. The molecule has 0 aromatic heterocycles. The van der Waals surface area contributed by atoms with Crippen molar-refractivity contribution in [2.75, 3.05) is 53.4 Å². The van der Waals surface area contributed by atoms with Gasteiger partial charge in [-0.15, -0.1) is 0 Å². The number of hydrogen-bond acceptors (Lipinski definition) is 4. The Labute approximate surface area is 152 Å². The van der Waals surface area contributed by atoms with Crippen molar-refractivity contribution in [1.29, 1.82) is 0 Å². The van der Waals surface area contributed by atoms with Crippen LogP contribution in [-0.2, 0) is 9.59 Å². The second kappa shape index (κ2) is 9.53. The summed E-state index contributed by atoms with van der Waals surface area (Å²) in [6.07, 6.45) is 7.02. The lowest BCUT2D eigenvalue weighted by Crippen LogP contribution is -2.52. The minimum Gasteiger partial charge on any atom is -0.396 e. The van der Waals surface area contributed by atoms with Crippen molar-refractivity contribution in [2.45, 2.75) is 51.4 Å². The molecule has 2 aliphatic heterocycles. The van der Waals surface area contributed by atoms with E-state index in [-0.39, 0.29) is 23.8 Å². The molecule has 0 spiro atoms. The molecular formula is C19H35N3O3. The van der Waals surface area contributed by atoms with E-state index < -0.39 is 0 Å². The summed E-state index contributed by atoms with van der Waals surface area (Å²) >= 11 is 0. The molecule has 2 saturated heterocycles. The summed E-state index contributed by atoms with van der Waals surface area (Å²) in [6.45, 7) is 3.90. The standard InChI is InChI=1S/C19H35N3O3/c1-20(2)14-19(16-23)10-7-13-22(15-19)18(25)9-8-17(24)21-11-5-3-4-6-12-21/h23H,3-16H2,1-2H3/t19-/m1/s1. The Morgan fingerprint density at radius 2 is 1.48 bits per heavy atom. The van der Waals surface area contributed by atoms with Crippen molar-refractivity contribution in [2.24, 2.45) is 5.41 Å². The van der Waals surface area contributed by atoms with Crippen molar-refractivity contribution in [3.8, 4) is 0 Å². The van der Waals surface area contributed by atoms with Crippen LogP contribution in [0.2, 0.25) is 0 Å². The lowest BCUT2D eigenvalue weighted by Gasteiger charge is -2.43. The quantitative estimate of drug-likeness (QED) is 0.782. The Hall–Kier alpha value is -1.14. The molecule has 0 bridgehead atoms. The SMILES string of the molecule is CN(C)C[C@]1(CO)CCCN(C(=O)CCC(=O)N2CCCCCC2)C1. The topological polar surface area (TPSA) is 64.1 Å². The van der Waals surface area contributed by atoms with Crippen LogP contribution in [0, 0.1) is 5.41 Å². The number of carbonyl (C=O) groups is 2. The summed E-state index contributed by atoms with van der Waals surface area (Å²) in [5, 5.41) is 9.88. The van der Waals surface area contributed by atoms with E-state index in [0.717, 1.165) is 51.9 Å². The van der Waals surface area contributed by atoms with E-state index in [1.807, 2.05) is 23.9 Å². The number of aliphatic hydroxyl groups excluding tert-OH is 1. The summed E-state index contributed by atoms with van der Waals surface area (Å²) in [4.78, 5) is 30.8. The molecule has 0 saturated carbocycles. The smallest absolute Gasteiger partial charge is 0.223 e.